The Kier molecular flexibility index (Phi) is 6.47. The van der Waals surface area contributed by atoms with Crippen LogP contribution in [-0.4, -0.2) is 74.7 Å². The molecular weight excluding hydrogens is 218 g/mol. The molecule has 0 radical (unpaired) electrons. The molecule has 1 fully saturated rings. The van der Waals surface area contributed by atoms with E-state index >= 15 is 0 Å². The van der Waals surface area contributed by atoms with Crippen molar-refractivity contribution in [1.29, 1.82) is 0 Å². The molecule has 1 aliphatic rings. The second kappa shape index (κ2) is 7.63. The molecule has 5 heteroatoms. The van der Waals surface area contributed by atoms with Crippen molar-refractivity contribution in [3.63, 3.8) is 0 Å². The van der Waals surface area contributed by atoms with Gasteiger partial charge >= 0.3 is 0 Å². The van der Waals surface area contributed by atoms with Gasteiger partial charge in [0.15, 0.2) is 0 Å². The first-order valence-electron chi connectivity index (χ1n) is 6.37. The highest BCUT2D eigenvalue weighted by molar-refractivity contribution is 5.77. The second-order valence-corrected chi connectivity index (χ2v) is 4.85. The van der Waals surface area contributed by atoms with Crippen LogP contribution in [0.1, 0.15) is 13.8 Å². The highest BCUT2D eigenvalue weighted by Gasteiger charge is 2.18. The molecule has 0 unspecified atom stereocenters. The van der Waals surface area contributed by atoms with Gasteiger partial charge in [-0.15, -0.1) is 0 Å². The van der Waals surface area contributed by atoms with E-state index in [1.165, 1.54) is 0 Å². The molecule has 17 heavy (non-hydrogen) atoms. The molecule has 1 heterocycles. The summed E-state index contributed by atoms with van der Waals surface area (Å²) in [6, 6.07) is 0.465. The van der Waals surface area contributed by atoms with Gasteiger partial charge in [0.2, 0.25) is 5.91 Å². The largest absolute Gasteiger partial charge is 0.370 e. The molecule has 1 saturated heterocycles. The van der Waals surface area contributed by atoms with E-state index in [2.05, 4.69) is 31.1 Å². The molecule has 0 bridgehead atoms. The fourth-order valence-corrected chi connectivity index (χ4v) is 1.73. The number of nitrogens with zero attached hydrogens (tertiary/aromatic N) is 2. The van der Waals surface area contributed by atoms with Crippen LogP contribution in [0.15, 0.2) is 0 Å². The van der Waals surface area contributed by atoms with Crippen LogP contribution >= 0.6 is 0 Å². The fourth-order valence-electron chi connectivity index (χ4n) is 1.73. The van der Waals surface area contributed by atoms with Crippen LogP contribution in [0.4, 0.5) is 0 Å². The van der Waals surface area contributed by atoms with Gasteiger partial charge in [-0.25, -0.2) is 0 Å². The molecule has 0 atom stereocenters. The molecule has 0 saturated carbocycles. The molecule has 1 amide bonds. The molecule has 0 aromatic rings. The fraction of sp³-hybridized carbons (Fsp3) is 0.917. The van der Waals surface area contributed by atoms with Gasteiger partial charge in [0.1, 0.15) is 6.61 Å². The Morgan fingerprint density at radius 3 is 2.53 bits per heavy atom. The summed E-state index contributed by atoms with van der Waals surface area (Å²) in [5.41, 5.74) is 0. The van der Waals surface area contributed by atoms with E-state index in [1.54, 1.807) is 0 Å². The Labute approximate surface area is 104 Å². The van der Waals surface area contributed by atoms with E-state index in [0.29, 0.717) is 12.6 Å². The highest BCUT2D eigenvalue weighted by Crippen LogP contribution is 1.99. The molecule has 0 aliphatic carbocycles. The first-order valence-corrected chi connectivity index (χ1v) is 6.37. The van der Waals surface area contributed by atoms with Gasteiger partial charge in [0.05, 0.1) is 6.61 Å². The summed E-state index contributed by atoms with van der Waals surface area (Å²) < 4.78 is 5.36. The van der Waals surface area contributed by atoms with Crippen molar-refractivity contribution in [3.8, 4) is 0 Å². The molecule has 0 spiro atoms. The first-order chi connectivity index (χ1) is 8.09. The van der Waals surface area contributed by atoms with Gasteiger partial charge in [-0.3, -0.25) is 4.79 Å². The summed E-state index contributed by atoms with van der Waals surface area (Å²) in [7, 11) is 2.08. The van der Waals surface area contributed by atoms with Crippen LogP contribution in [-0.2, 0) is 9.53 Å². The number of nitrogens with one attached hydrogen (secondary N) is 1. The summed E-state index contributed by atoms with van der Waals surface area (Å²) in [6.45, 7) is 9.35. The molecule has 1 N–H and O–H groups in total. The maximum absolute atomic E-state index is 11.8. The quantitative estimate of drug-likeness (QED) is 0.655. The minimum atomic E-state index is 0.114. The van der Waals surface area contributed by atoms with E-state index in [9.17, 15) is 4.79 Å². The monoisotopic (exact) mass is 243 g/mol. The van der Waals surface area contributed by atoms with E-state index in [1.807, 2.05) is 4.90 Å². The van der Waals surface area contributed by atoms with Gasteiger partial charge in [0.25, 0.3) is 0 Å². The predicted octanol–water partition coefficient (Wildman–Crippen LogP) is -0.225. The van der Waals surface area contributed by atoms with Crippen molar-refractivity contribution in [2.75, 3.05) is 53.0 Å². The van der Waals surface area contributed by atoms with Crippen LogP contribution < -0.4 is 5.32 Å². The summed E-state index contributed by atoms with van der Waals surface area (Å²) >= 11 is 0. The minimum Gasteiger partial charge on any atom is -0.370 e. The molecule has 1 rings (SSSR count). The van der Waals surface area contributed by atoms with Crippen LogP contribution in [0.3, 0.4) is 0 Å². The lowest BCUT2D eigenvalue weighted by atomic mass is 10.3. The number of likely N-dealkylation sites (N-methyl/N-ethyl adjacent to an activating group) is 1. The average Bonchev–Trinajstić information content (AvgIpc) is 2.29. The molecular formula is C12H25N3O2. The Bertz CT molecular complexity index is 226. The molecule has 0 aromatic carbocycles. The third-order valence-corrected chi connectivity index (χ3v) is 2.88. The van der Waals surface area contributed by atoms with Crippen molar-refractivity contribution >= 4 is 5.91 Å². The van der Waals surface area contributed by atoms with Crippen LogP contribution in [0, 0.1) is 0 Å². The number of carbonyl (C=O) groups is 1. The zero-order valence-corrected chi connectivity index (χ0v) is 11.2. The van der Waals surface area contributed by atoms with Gasteiger partial charge in [-0.2, -0.15) is 0 Å². The normalized spacial score (nSPS) is 17.8. The summed E-state index contributed by atoms with van der Waals surface area (Å²) in [5.74, 6) is 0.114. The number of hydrogen-bond donors (Lipinski definition) is 1. The molecule has 0 aromatic heterocycles. The number of rotatable bonds is 6. The predicted molar refractivity (Wildman–Crippen MR) is 68.0 cm³/mol. The van der Waals surface area contributed by atoms with E-state index < -0.39 is 0 Å². The van der Waals surface area contributed by atoms with Gasteiger partial charge in [0, 0.05) is 38.8 Å². The van der Waals surface area contributed by atoms with E-state index in [-0.39, 0.29) is 12.5 Å². The zero-order valence-electron chi connectivity index (χ0n) is 11.2. The summed E-state index contributed by atoms with van der Waals surface area (Å²) in [5, 5.41) is 3.25. The van der Waals surface area contributed by atoms with Crippen molar-refractivity contribution in [2.24, 2.45) is 0 Å². The lowest BCUT2D eigenvalue weighted by molar-refractivity contribution is -0.137. The SMILES string of the molecule is CC(C)NCCOCC(=O)N1CCN(C)CC1. The van der Waals surface area contributed by atoms with Crippen LogP contribution in [0.2, 0.25) is 0 Å². The van der Waals surface area contributed by atoms with Gasteiger partial charge in [-0.1, -0.05) is 13.8 Å². The highest BCUT2D eigenvalue weighted by atomic mass is 16.5. The lowest BCUT2D eigenvalue weighted by Gasteiger charge is -2.32. The molecule has 100 valence electrons. The van der Waals surface area contributed by atoms with Crippen LogP contribution in [0.25, 0.3) is 0 Å². The summed E-state index contributed by atoms with van der Waals surface area (Å²) in [6.07, 6.45) is 0. The standard InChI is InChI=1S/C12H25N3O2/c1-11(2)13-4-9-17-10-12(16)15-7-5-14(3)6-8-15/h11,13H,4-10H2,1-3H3. The number of piperazine rings is 1. The van der Waals surface area contributed by atoms with Crippen molar-refractivity contribution < 1.29 is 9.53 Å². The van der Waals surface area contributed by atoms with Crippen molar-refractivity contribution in [2.45, 2.75) is 19.9 Å². The maximum atomic E-state index is 11.8. The number of hydrogen-bond acceptors (Lipinski definition) is 4. The first kappa shape index (κ1) is 14.4. The number of amides is 1. The Morgan fingerprint density at radius 1 is 1.29 bits per heavy atom. The van der Waals surface area contributed by atoms with Gasteiger partial charge in [-0.05, 0) is 7.05 Å². The van der Waals surface area contributed by atoms with E-state index in [0.717, 1.165) is 32.7 Å². The lowest BCUT2D eigenvalue weighted by Crippen LogP contribution is -2.48. The molecule has 1 aliphatic heterocycles. The Morgan fingerprint density at radius 2 is 1.94 bits per heavy atom. The smallest absolute Gasteiger partial charge is 0.248 e. The third kappa shape index (κ3) is 6.00. The number of ether oxygens (including phenoxy) is 1. The topological polar surface area (TPSA) is 44.8 Å². The third-order valence-electron chi connectivity index (χ3n) is 2.88. The maximum Gasteiger partial charge on any atom is 0.248 e. The van der Waals surface area contributed by atoms with Crippen molar-refractivity contribution in [3.05, 3.63) is 0 Å². The Hall–Kier alpha value is -0.650. The summed E-state index contributed by atoms with van der Waals surface area (Å²) in [4.78, 5) is 15.9. The van der Waals surface area contributed by atoms with Crippen LogP contribution in [0.5, 0.6) is 0 Å². The van der Waals surface area contributed by atoms with E-state index in [4.69, 9.17) is 4.74 Å². The van der Waals surface area contributed by atoms with Crippen molar-refractivity contribution in [1.82, 2.24) is 15.1 Å². The minimum absolute atomic E-state index is 0.114. The van der Waals surface area contributed by atoms with Gasteiger partial charge < -0.3 is 19.9 Å². The second-order valence-electron chi connectivity index (χ2n) is 4.85. The number of carbonyl (C=O) groups excluding carboxylic acids is 1. The Balaban J connectivity index is 2.05. The average molecular weight is 243 g/mol. The molecule has 5 nitrogen and oxygen atoms in total. The zero-order chi connectivity index (χ0) is 12.7.